The van der Waals surface area contributed by atoms with E-state index in [9.17, 15) is 4.57 Å². The summed E-state index contributed by atoms with van der Waals surface area (Å²) in [5.41, 5.74) is 0.559. The van der Waals surface area contributed by atoms with Crippen molar-refractivity contribution in [2.75, 3.05) is 13.3 Å². The van der Waals surface area contributed by atoms with Gasteiger partial charge in [-0.3, -0.25) is 4.57 Å². The summed E-state index contributed by atoms with van der Waals surface area (Å²) in [5, 5.41) is 0. The van der Waals surface area contributed by atoms with E-state index < -0.39 is 13.0 Å². The number of hydrogen-bond acceptors (Lipinski definition) is 2. The van der Waals surface area contributed by atoms with Crippen LogP contribution in [-0.4, -0.2) is 13.3 Å². The van der Waals surface area contributed by atoms with Crippen molar-refractivity contribution in [3.8, 4) is 0 Å². The van der Waals surface area contributed by atoms with Crippen LogP contribution in [0.15, 0.2) is 30.3 Å². The average molecular weight is 316 g/mol. The van der Waals surface area contributed by atoms with E-state index in [-0.39, 0.29) is 40.1 Å². The molecule has 0 unspecified atom stereocenters. The summed E-state index contributed by atoms with van der Waals surface area (Å²) in [4.78, 5) is 0. The third-order valence-electron chi connectivity index (χ3n) is 1.92. The first kappa shape index (κ1) is 18.9. The van der Waals surface area contributed by atoms with Gasteiger partial charge in [-0.05, 0) is 19.4 Å². The Morgan fingerprint density at radius 1 is 1.12 bits per heavy atom. The van der Waals surface area contributed by atoms with E-state index in [2.05, 4.69) is 0 Å². The molecule has 0 bridgehead atoms. The van der Waals surface area contributed by atoms with Gasteiger partial charge in [0.25, 0.3) is 0 Å². The van der Waals surface area contributed by atoms with Gasteiger partial charge in [0, 0.05) is 46.0 Å². The fourth-order valence-electron chi connectivity index (χ4n) is 1.44. The molecule has 4 heteroatoms. The molecule has 0 aliphatic heterocycles. The quantitative estimate of drug-likeness (QED) is 0.624. The fraction of sp³-hybridized carbons (Fsp3) is 0.417. The molecule has 0 atom stereocenters. The molecule has 0 aliphatic carbocycles. The van der Waals surface area contributed by atoms with Crippen LogP contribution in [0.2, 0.25) is 0 Å². The van der Waals surface area contributed by atoms with Crippen LogP contribution in [-0.2, 0) is 47.4 Å². The summed E-state index contributed by atoms with van der Waals surface area (Å²) >= 11 is 0. The van der Waals surface area contributed by atoms with Gasteiger partial charge in [-0.25, -0.2) is 0 Å². The van der Waals surface area contributed by atoms with Crippen LogP contribution < -0.4 is 0 Å². The van der Waals surface area contributed by atoms with E-state index in [1.165, 1.54) is 0 Å². The van der Waals surface area contributed by atoms with Gasteiger partial charge >= 0.3 is 0 Å². The van der Waals surface area contributed by atoms with Crippen LogP contribution in [0.3, 0.4) is 0 Å². The monoisotopic (exact) mass is 316 g/mol. The number of rotatable bonds is 3. The Kier molecular flexibility index (Phi) is 8.33. The van der Waals surface area contributed by atoms with E-state index >= 15 is 0 Å². The molecule has 0 fully saturated rings. The first-order chi connectivity index (χ1) is 6.31. The Hall–Kier alpha value is 0.514. The number of hydrogen-bond donors (Lipinski definition) is 0. The molecule has 0 saturated carbocycles. The molecule has 0 N–H and O–H groups in total. The van der Waals surface area contributed by atoms with Crippen molar-refractivity contribution in [3.63, 3.8) is 0 Å². The Balaban J connectivity index is 0. The zero-order chi connectivity index (χ0) is 10.8. The summed E-state index contributed by atoms with van der Waals surface area (Å²) < 4.78 is 17.1. The molecule has 0 spiro atoms. The molecule has 16 heavy (non-hydrogen) atoms. The van der Waals surface area contributed by atoms with E-state index in [0.29, 0.717) is 0 Å². The van der Waals surface area contributed by atoms with Crippen molar-refractivity contribution < 1.29 is 41.8 Å². The Morgan fingerprint density at radius 2 is 1.56 bits per heavy atom. The van der Waals surface area contributed by atoms with Crippen molar-refractivity contribution in [2.24, 2.45) is 0 Å². The first-order valence-corrected chi connectivity index (χ1v) is 7.14. The molecule has 1 aromatic carbocycles. The molecule has 0 aromatic heterocycles. The summed E-state index contributed by atoms with van der Waals surface area (Å²) in [6.45, 7) is 7.14. The smallest absolute Gasteiger partial charge is 0.198 e. The molecular weight excluding hydrogens is 296 g/mol. The topological polar surface area (TPSA) is 26.3 Å². The predicted octanol–water partition coefficient (Wildman–Crippen LogP) is 3.92. The van der Waals surface area contributed by atoms with Gasteiger partial charge < -0.3 is 12.0 Å². The molecule has 0 saturated heterocycles. The van der Waals surface area contributed by atoms with Gasteiger partial charge in [0.1, 0.15) is 0 Å². The zero-order valence-electron chi connectivity index (χ0n) is 10.7. The van der Waals surface area contributed by atoms with Crippen LogP contribution in [0.5, 0.6) is 0 Å². The second-order valence-electron chi connectivity index (χ2n) is 4.22. The van der Waals surface area contributed by atoms with E-state index in [1.807, 2.05) is 44.2 Å². The normalized spacial score (nSPS) is 11.2. The maximum Gasteiger partial charge on any atom is 0.198 e. The predicted molar refractivity (Wildman–Crippen MR) is 66.4 cm³/mol. The van der Waals surface area contributed by atoms with Gasteiger partial charge in [0.2, 0.25) is 0 Å². The largest absolute Gasteiger partial charge is 0.358 e. The fourth-order valence-corrected chi connectivity index (χ4v) is 2.65. The van der Waals surface area contributed by atoms with Gasteiger partial charge in [-0.15, -0.1) is 0 Å². The number of benzene rings is 1. The first-order valence-electron chi connectivity index (χ1n) is 4.62. The summed E-state index contributed by atoms with van der Waals surface area (Å²) in [7, 11) is -2.45. The molecule has 89 valence electrons. The van der Waals surface area contributed by atoms with Crippen LogP contribution in [0.1, 0.15) is 19.4 Å². The Morgan fingerprint density at radius 3 is 1.94 bits per heavy atom. The van der Waals surface area contributed by atoms with Gasteiger partial charge in [0.15, 0.2) is 7.37 Å². The molecule has 1 aromatic rings. The van der Waals surface area contributed by atoms with E-state index in [0.717, 1.165) is 5.56 Å². The van der Waals surface area contributed by atoms with Crippen molar-refractivity contribution in [3.05, 3.63) is 43.3 Å². The van der Waals surface area contributed by atoms with Gasteiger partial charge in [-0.2, -0.15) is 0 Å². The third-order valence-corrected chi connectivity index (χ3v) is 2.81. The minimum Gasteiger partial charge on any atom is -0.358 e. The van der Waals surface area contributed by atoms with Crippen molar-refractivity contribution in [2.45, 2.75) is 19.4 Å². The zero-order valence-corrected chi connectivity index (χ0v) is 14.5. The minimum atomic E-state index is -2.45. The molecular formula is C12H20O2PY-. The SMILES string of the molecule is CC(C)(OP(C)(C)=O)c1ccccc1.[CH3-].[Y]. The second kappa shape index (κ2) is 7.06. The second-order valence-corrected chi connectivity index (χ2v) is 6.91. The summed E-state index contributed by atoms with van der Waals surface area (Å²) in [5.74, 6) is 0. The van der Waals surface area contributed by atoms with Crippen LogP contribution in [0.25, 0.3) is 0 Å². The van der Waals surface area contributed by atoms with Crippen molar-refractivity contribution >= 4 is 7.37 Å². The van der Waals surface area contributed by atoms with Crippen molar-refractivity contribution in [1.29, 1.82) is 0 Å². The van der Waals surface area contributed by atoms with Crippen molar-refractivity contribution in [1.82, 2.24) is 0 Å². The average Bonchev–Trinajstić information content (AvgIpc) is 2.01. The van der Waals surface area contributed by atoms with E-state index in [4.69, 9.17) is 4.52 Å². The Labute approximate surface area is 125 Å². The molecule has 0 heterocycles. The molecule has 0 amide bonds. The van der Waals surface area contributed by atoms with Gasteiger partial charge in [0.05, 0.1) is 5.60 Å². The van der Waals surface area contributed by atoms with Gasteiger partial charge in [-0.1, -0.05) is 30.3 Å². The van der Waals surface area contributed by atoms with Crippen LogP contribution >= 0.6 is 7.37 Å². The third kappa shape index (κ3) is 6.30. The van der Waals surface area contributed by atoms with Crippen LogP contribution in [0.4, 0.5) is 0 Å². The van der Waals surface area contributed by atoms with Crippen LogP contribution in [0, 0.1) is 7.43 Å². The summed E-state index contributed by atoms with van der Waals surface area (Å²) in [6, 6.07) is 9.83. The molecule has 2 nitrogen and oxygen atoms in total. The maximum atomic E-state index is 11.6. The Bertz CT molecular complexity index is 343. The molecule has 1 rings (SSSR count). The maximum absolute atomic E-state index is 11.6. The minimum absolute atomic E-state index is 0. The molecule has 0 aliphatic rings. The summed E-state index contributed by atoms with van der Waals surface area (Å²) in [6.07, 6.45) is 0. The van der Waals surface area contributed by atoms with E-state index in [1.54, 1.807) is 13.3 Å². The standard InChI is InChI=1S/C11H17O2P.CH3.Y/c1-11(2,13-14(3,4)12)10-8-6-5-7-9-10;;/h5-9H,1-4H3;1H3;/q;-1;. The molecule has 1 radical (unpaired) electrons.